The van der Waals surface area contributed by atoms with Crippen LogP contribution in [0, 0.1) is 17.1 Å². The zero-order valence-corrected chi connectivity index (χ0v) is 24.9. The second-order valence-corrected chi connectivity index (χ2v) is 11.9. The van der Waals surface area contributed by atoms with Gasteiger partial charge in [0.05, 0.1) is 18.0 Å². The number of hydrogen-bond acceptors (Lipinski definition) is 8. The van der Waals surface area contributed by atoms with Crippen LogP contribution >= 0.6 is 0 Å². The maximum atomic E-state index is 15.6. The second kappa shape index (κ2) is 12.1. The molecule has 0 bridgehead atoms. The molecule has 226 valence electrons. The van der Waals surface area contributed by atoms with Gasteiger partial charge in [0, 0.05) is 23.7 Å². The van der Waals surface area contributed by atoms with Gasteiger partial charge in [-0.1, -0.05) is 18.2 Å². The summed E-state index contributed by atoms with van der Waals surface area (Å²) in [6, 6.07) is 15.7. The molecule has 2 aromatic carbocycles. The first kappa shape index (κ1) is 29.3. The molecule has 2 saturated heterocycles. The van der Waals surface area contributed by atoms with Crippen molar-refractivity contribution in [2.24, 2.45) is 0 Å². The van der Waals surface area contributed by atoms with Crippen molar-refractivity contribution in [1.29, 1.82) is 5.26 Å². The van der Waals surface area contributed by atoms with E-state index in [1.165, 1.54) is 12.4 Å². The number of aromatic nitrogens is 4. The molecule has 0 saturated carbocycles. The molecule has 1 atom stereocenters. The summed E-state index contributed by atoms with van der Waals surface area (Å²) in [6.07, 6.45) is 6.92. The van der Waals surface area contributed by atoms with Crippen LogP contribution in [0.4, 0.5) is 10.2 Å². The first-order valence-corrected chi connectivity index (χ1v) is 14.9. The molecule has 1 amide bonds. The van der Waals surface area contributed by atoms with E-state index in [9.17, 15) is 10.1 Å². The van der Waals surface area contributed by atoms with Crippen molar-refractivity contribution in [3.63, 3.8) is 0 Å². The fraction of sp³-hybridized carbons (Fsp3) is 0.364. The monoisotopic (exact) mass is 594 g/mol. The number of nitrogens with two attached hydrogens (primary N) is 1. The Hall–Kier alpha value is -4.82. The highest BCUT2D eigenvalue weighted by Crippen LogP contribution is 2.35. The predicted molar refractivity (Wildman–Crippen MR) is 165 cm³/mol. The van der Waals surface area contributed by atoms with Gasteiger partial charge in [0.25, 0.3) is 5.91 Å². The third-order valence-electron chi connectivity index (χ3n) is 8.52. The van der Waals surface area contributed by atoms with Crippen molar-refractivity contribution < 1.29 is 13.9 Å². The van der Waals surface area contributed by atoms with Gasteiger partial charge in [0.2, 0.25) is 0 Å². The van der Waals surface area contributed by atoms with Crippen molar-refractivity contribution in [3.8, 4) is 28.8 Å². The van der Waals surface area contributed by atoms with E-state index in [1.54, 1.807) is 39.9 Å². The summed E-state index contributed by atoms with van der Waals surface area (Å²) in [5, 5.41) is 15.2. The smallest absolute Gasteiger partial charge is 0.264 e. The van der Waals surface area contributed by atoms with Crippen LogP contribution in [0.5, 0.6) is 11.5 Å². The van der Waals surface area contributed by atoms with E-state index in [2.05, 4.69) is 20.9 Å². The molecule has 0 radical (unpaired) electrons. The van der Waals surface area contributed by atoms with Gasteiger partial charge in [0.15, 0.2) is 5.65 Å². The molecule has 2 N–H and O–H groups in total. The molecule has 2 aromatic heterocycles. The number of nitrogens with zero attached hydrogens (tertiary/aromatic N) is 7. The normalized spacial score (nSPS) is 17.7. The van der Waals surface area contributed by atoms with Crippen LogP contribution in [-0.4, -0.2) is 66.7 Å². The molecule has 11 heteroatoms. The van der Waals surface area contributed by atoms with Crippen molar-refractivity contribution in [3.05, 3.63) is 72.3 Å². The molecule has 44 heavy (non-hydrogen) atoms. The summed E-state index contributed by atoms with van der Waals surface area (Å²) in [7, 11) is 0. The number of nitriles is 1. The second-order valence-electron chi connectivity index (χ2n) is 11.9. The highest BCUT2D eigenvalue weighted by molar-refractivity contribution is 5.99. The van der Waals surface area contributed by atoms with E-state index < -0.39 is 11.4 Å². The first-order chi connectivity index (χ1) is 21.2. The minimum Gasteiger partial charge on any atom is -0.457 e. The summed E-state index contributed by atoms with van der Waals surface area (Å²) in [5.74, 6) is 0.304. The molecule has 2 aliphatic rings. The van der Waals surface area contributed by atoms with Crippen LogP contribution in [0.15, 0.2) is 66.5 Å². The standard InChI is InChI=1S/C33H35FN8O2/c1-33(2,40-14-6-7-15-40)18-22(19-35)32(43)41-16-8-9-23(41)20-42-31-28(30(36)37-21-38-31)29(39-42)26-13-12-25(17-27(26)34)44-24-10-4-3-5-11-24/h3-5,10-13,17-18,21,23H,6-9,14-16,20H2,1-2H3,(H2,36,37,38)/b22-18-/t23-/m0/s1. The number of nitrogen functional groups attached to an aromatic ring is 1. The number of ether oxygens (including phenoxy) is 1. The van der Waals surface area contributed by atoms with E-state index in [0.29, 0.717) is 41.3 Å². The van der Waals surface area contributed by atoms with Crippen LogP contribution in [-0.2, 0) is 11.3 Å². The number of halogens is 1. The van der Waals surface area contributed by atoms with Gasteiger partial charge in [-0.2, -0.15) is 10.4 Å². The number of para-hydroxylation sites is 1. The van der Waals surface area contributed by atoms with Gasteiger partial charge < -0.3 is 15.4 Å². The number of carbonyl (C=O) groups excluding carboxylic acids is 1. The van der Waals surface area contributed by atoms with Crippen LogP contribution in [0.25, 0.3) is 22.3 Å². The average Bonchev–Trinajstić information content (AvgIpc) is 3.78. The Morgan fingerprint density at radius 2 is 1.89 bits per heavy atom. The Labute approximate surface area is 255 Å². The summed E-state index contributed by atoms with van der Waals surface area (Å²) in [6.45, 7) is 6.84. The van der Waals surface area contributed by atoms with Gasteiger partial charge in [-0.25, -0.2) is 19.0 Å². The Kier molecular flexibility index (Phi) is 8.01. The van der Waals surface area contributed by atoms with Gasteiger partial charge in [0.1, 0.15) is 46.8 Å². The highest BCUT2D eigenvalue weighted by Gasteiger charge is 2.35. The van der Waals surface area contributed by atoms with Gasteiger partial charge in [-0.3, -0.25) is 9.69 Å². The summed E-state index contributed by atoms with van der Waals surface area (Å²) < 4.78 is 23.0. The van der Waals surface area contributed by atoms with Crippen molar-refractivity contribution in [2.75, 3.05) is 25.4 Å². The molecule has 6 rings (SSSR count). The van der Waals surface area contributed by atoms with Crippen molar-refractivity contribution >= 4 is 22.8 Å². The van der Waals surface area contributed by atoms with Gasteiger partial charge >= 0.3 is 0 Å². The minimum atomic E-state index is -0.532. The number of fused-ring (bicyclic) bond motifs is 1. The molecule has 2 aliphatic heterocycles. The first-order valence-electron chi connectivity index (χ1n) is 14.9. The van der Waals surface area contributed by atoms with Crippen LogP contribution in [0.2, 0.25) is 0 Å². The molecule has 0 spiro atoms. The van der Waals surface area contributed by atoms with E-state index in [0.717, 1.165) is 38.8 Å². The van der Waals surface area contributed by atoms with Crippen LogP contribution in [0.3, 0.4) is 0 Å². The molecule has 10 nitrogen and oxygen atoms in total. The molecule has 4 heterocycles. The summed E-state index contributed by atoms with van der Waals surface area (Å²) in [5.41, 5.74) is 7.00. The lowest BCUT2D eigenvalue weighted by molar-refractivity contribution is -0.127. The lowest BCUT2D eigenvalue weighted by atomic mass is 9.98. The minimum absolute atomic E-state index is 0.145. The molecular formula is C33H35FN8O2. The number of benzene rings is 2. The number of rotatable bonds is 8. The maximum Gasteiger partial charge on any atom is 0.264 e. The number of likely N-dealkylation sites (tertiary alicyclic amines) is 2. The zero-order chi connectivity index (χ0) is 30.8. The Morgan fingerprint density at radius 1 is 1.11 bits per heavy atom. The number of amides is 1. The zero-order valence-electron chi connectivity index (χ0n) is 24.9. The number of hydrogen-bond donors (Lipinski definition) is 1. The predicted octanol–water partition coefficient (Wildman–Crippen LogP) is 5.32. The molecule has 0 aliphatic carbocycles. The molecule has 4 aromatic rings. The Bertz CT molecular complexity index is 1750. The van der Waals surface area contributed by atoms with Gasteiger partial charge in [-0.15, -0.1) is 0 Å². The van der Waals surface area contributed by atoms with Gasteiger partial charge in [-0.05, 0) is 83.0 Å². The van der Waals surface area contributed by atoms with E-state index >= 15 is 4.39 Å². The maximum absolute atomic E-state index is 15.6. The SMILES string of the molecule is CC(C)(/C=C(/C#N)C(=O)N1CCC[C@H]1Cn1nc(-c2ccc(Oc3ccccc3)cc2F)c2c(N)ncnc21)N1CCCC1. The lowest BCUT2D eigenvalue weighted by Crippen LogP contribution is -2.42. The largest absolute Gasteiger partial charge is 0.457 e. The van der Waals surface area contributed by atoms with Crippen LogP contribution < -0.4 is 10.5 Å². The van der Waals surface area contributed by atoms with E-state index in [4.69, 9.17) is 15.6 Å². The topological polar surface area (TPSA) is 126 Å². The molecule has 2 fully saturated rings. The fourth-order valence-corrected chi connectivity index (χ4v) is 6.25. The van der Waals surface area contributed by atoms with Crippen LogP contribution in [0.1, 0.15) is 39.5 Å². The molecule has 0 unspecified atom stereocenters. The van der Waals surface area contributed by atoms with E-state index in [-0.39, 0.29) is 28.9 Å². The summed E-state index contributed by atoms with van der Waals surface area (Å²) >= 11 is 0. The van der Waals surface area contributed by atoms with Crippen molar-refractivity contribution in [2.45, 2.75) is 57.7 Å². The number of anilines is 1. The number of carbonyl (C=O) groups is 1. The Balaban J connectivity index is 1.28. The third kappa shape index (κ3) is 5.73. The highest BCUT2D eigenvalue weighted by atomic mass is 19.1. The Morgan fingerprint density at radius 3 is 2.61 bits per heavy atom. The third-order valence-corrected chi connectivity index (χ3v) is 8.52. The van der Waals surface area contributed by atoms with Crippen molar-refractivity contribution in [1.82, 2.24) is 29.5 Å². The quantitative estimate of drug-likeness (QED) is 0.215. The summed E-state index contributed by atoms with van der Waals surface area (Å²) in [4.78, 5) is 26.3. The fourth-order valence-electron chi connectivity index (χ4n) is 6.25. The molecular weight excluding hydrogens is 559 g/mol. The lowest BCUT2D eigenvalue weighted by Gasteiger charge is -2.33. The average molecular weight is 595 g/mol. The van der Waals surface area contributed by atoms with E-state index in [1.807, 2.05) is 32.0 Å².